The molecule has 0 aromatic carbocycles. The molecule has 78 valence electrons. The van der Waals surface area contributed by atoms with Crippen molar-refractivity contribution < 1.29 is 13.7 Å². The molecule has 0 aliphatic carbocycles. The lowest BCUT2D eigenvalue weighted by atomic mass is 10.5. The predicted molar refractivity (Wildman–Crippen MR) is 53.0 cm³/mol. The van der Waals surface area contributed by atoms with Gasteiger partial charge in [0.25, 0.3) is 0 Å². The van der Waals surface area contributed by atoms with Crippen molar-refractivity contribution in [3.63, 3.8) is 0 Å². The van der Waals surface area contributed by atoms with Crippen LogP contribution < -0.4 is 5.32 Å². The van der Waals surface area contributed by atoms with Gasteiger partial charge in [-0.05, 0) is 13.8 Å². The maximum Gasteiger partial charge on any atom is 0.246 e. The Bertz CT molecular complexity index is 182. The van der Waals surface area contributed by atoms with Crippen LogP contribution in [0, 0.1) is 0 Å². The van der Waals surface area contributed by atoms with E-state index in [1.807, 2.05) is 13.8 Å². The Morgan fingerprint density at radius 2 is 2.15 bits per heavy atom. The summed E-state index contributed by atoms with van der Waals surface area (Å²) in [7, 11) is -0.850. The minimum atomic E-state index is -0.850. The van der Waals surface area contributed by atoms with Gasteiger partial charge in [-0.1, -0.05) is 0 Å². The molecule has 0 saturated heterocycles. The summed E-state index contributed by atoms with van der Waals surface area (Å²) < 4.78 is 15.7. The number of amides is 1. The van der Waals surface area contributed by atoms with Gasteiger partial charge in [0.1, 0.15) is 6.61 Å². The van der Waals surface area contributed by atoms with Crippen molar-refractivity contribution in [1.82, 2.24) is 5.32 Å². The fourth-order valence-electron chi connectivity index (χ4n) is 0.628. The van der Waals surface area contributed by atoms with E-state index < -0.39 is 10.8 Å². The molecule has 0 bridgehead atoms. The number of hydrogen-bond acceptors (Lipinski definition) is 3. The van der Waals surface area contributed by atoms with Gasteiger partial charge in [0, 0.05) is 29.4 Å². The summed E-state index contributed by atoms with van der Waals surface area (Å²) in [6.45, 7) is 4.26. The molecule has 1 unspecified atom stereocenters. The monoisotopic (exact) mass is 207 g/mol. The molecule has 0 aliphatic heterocycles. The third kappa shape index (κ3) is 9.49. The van der Waals surface area contributed by atoms with Gasteiger partial charge < -0.3 is 10.1 Å². The van der Waals surface area contributed by atoms with Crippen LogP contribution in [0.4, 0.5) is 0 Å². The van der Waals surface area contributed by atoms with Crippen LogP contribution in [0.25, 0.3) is 0 Å². The lowest BCUT2D eigenvalue weighted by Gasteiger charge is -2.07. The van der Waals surface area contributed by atoms with E-state index in [4.69, 9.17) is 4.74 Å². The summed E-state index contributed by atoms with van der Waals surface area (Å²) in [6.07, 6.45) is 1.67. The van der Waals surface area contributed by atoms with Crippen LogP contribution >= 0.6 is 0 Å². The lowest BCUT2D eigenvalue weighted by Crippen LogP contribution is -2.31. The summed E-state index contributed by atoms with van der Waals surface area (Å²) in [5, 5.41) is 2.61. The molecule has 0 aromatic heterocycles. The van der Waals surface area contributed by atoms with Gasteiger partial charge in [0.15, 0.2) is 0 Å². The number of carbonyl (C=O) groups excluding carboxylic acids is 1. The standard InChI is InChI=1S/C8H17NO3S/c1-7(2)12-6-8(10)9-4-5-13(3)11/h7H,4-6H2,1-3H3,(H,9,10). The third-order valence-corrected chi connectivity index (χ3v) is 2.04. The zero-order valence-electron chi connectivity index (χ0n) is 8.33. The molecule has 1 N–H and O–H groups in total. The quantitative estimate of drug-likeness (QED) is 0.662. The van der Waals surface area contributed by atoms with Gasteiger partial charge in [-0.2, -0.15) is 0 Å². The van der Waals surface area contributed by atoms with E-state index in [1.54, 1.807) is 6.26 Å². The number of carbonyl (C=O) groups is 1. The Hall–Kier alpha value is -0.420. The van der Waals surface area contributed by atoms with E-state index in [9.17, 15) is 9.00 Å². The fourth-order valence-corrected chi connectivity index (χ4v) is 1.02. The summed E-state index contributed by atoms with van der Waals surface area (Å²) >= 11 is 0. The largest absolute Gasteiger partial charge is 0.369 e. The van der Waals surface area contributed by atoms with Crippen molar-refractivity contribution >= 4 is 16.7 Å². The van der Waals surface area contributed by atoms with Crippen molar-refractivity contribution in [2.75, 3.05) is 25.2 Å². The van der Waals surface area contributed by atoms with Crippen LogP contribution in [0.5, 0.6) is 0 Å². The molecule has 1 amide bonds. The van der Waals surface area contributed by atoms with E-state index >= 15 is 0 Å². The van der Waals surface area contributed by atoms with Crippen molar-refractivity contribution in [1.29, 1.82) is 0 Å². The molecule has 0 aromatic rings. The third-order valence-electron chi connectivity index (χ3n) is 1.26. The summed E-state index contributed by atoms with van der Waals surface area (Å²) in [5.41, 5.74) is 0. The highest BCUT2D eigenvalue weighted by Crippen LogP contribution is 1.85. The molecule has 0 spiro atoms. The van der Waals surface area contributed by atoms with Gasteiger partial charge >= 0.3 is 0 Å². The summed E-state index contributed by atoms with van der Waals surface area (Å²) in [5.74, 6) is 0.340. The van der Waals surface area contributed by atoms with Gasteiger partial charge in [0.2, 0.25) is 5.91 Å². The molecule has 4 nitrogen and oxygen atoms in total. The Morgan fingerprint density at radius 1 is 1.54 bits per heavy atom. The van der Waals surface area contributed by atoms with Crippen LogP contribution in [0.3, 0.4) is 0 Å². The highest BCUT2D eigenvalue weighted by Gasteiger charge is 2.02. The van der Waals surface area contributed by atoms with Crippen LogP contribution in [0.15, 0.2) is 0 Å². The average Bonchev–Trinajstić information content (AvgIpc) is 2.00. The minimum Gasteiger partial charge on any atom is -0.369 e. The number of ether oxygens (including phenoxy) is 1. The molecule has 1 atom stereocenters. The second-order valence-electron chi connectivity index (χ2n) is 2.99. The zero-order valence-corrected chi connectivity index (χ0v) is 9.15. The maximum atomic E-state index is 11.0. The Morgan fingerprint density at radius 3 is 2.62 bits per heavy atom. The second-order valence-corrected chi connectivity index (χ2v) is 4.54. The van der Waals surface area contributed by atoms with Crippen LogP contribution in [-0.4, -0.2) is 41.4 Å². The predicted octanol–water partition coefficient (Wildman–Crippen LogP) is -0.0939. The molecule has 0 saturated carbocycles. The molecule has 13 heavy (non-hydrogen) atoms. The topological polar surface area (TPSA) is 55.4 Å². The van der Waals surface area contributed by atoms with Crippen LogP contribution in [0.2, 0.25) is 0 Å². The molecular formula is C8H17NO3S. The number of rotatable bonds is 6. The first-order valence-corrected chi connectivity index (χ1v) is 5.93. The molecule has 0 aliphatic rings. The van der Waals surface area contributed by atoms with E-state index in [1.165, 1.54) is 0 Å². The first-order chi connectivity index (χ1) is 6.02. The van der Waals surface area contributed by atoms with Crippen molar-refractivity contribution in [3.05, 3.63) is 0 Å². The van der Waals surface area contributed by atoms with Gasteiger partial charge in [-0.3, -0.25) is 9.00 Å². The molecule has 5 heteroatoms. The smallest absolute Gasteiger partial charge is 0.246 e. The van der Waals surface area contributed by atoms with Gasteiger partial charge in [0.05, 0.1) is 6.10 Å². The SMILES string of the molecule is CC(C)OCC(=O)NCCS(C)=O. The first-order valence-electron chi connectivity index (χ1n) is 4.20. The first kappa shape index (κ1) is 12.6. The Balaban J connectivity index is 3.35. The van der Waals surface area contributed by atoms with Crippen LogP contribution in [0.1, 0.15) is 13.8 Å². The number of nitrogens with one attached hydrogen (secondary N) is 1. The van der Waals surface area contributed by atoms with Crippen LogP contribution in [-0.2, 0) is 20.3 Å². The van der Waals surface area contributed by atoms with Gasteiger partial charge in [-0.15, -0.1) is 0 Å². The highest BCUT2D eigenvalue weighted by molar-refractivity contribution is 7.84. The molecule has 0 heterocycles. The Labute approximate surface area is 81.5 Å². The summed E-state index contributed by atoms with van der Waals surface area (Å²) in [6, 6.07) is 0. The molecule has 0 fully saturated rings. The molecule has 0 rings (SSSR count). The van der Waals surface area contributed by atoms with E-state index in [-0.39, 0.29) is 18.6 Å². The minimum absolute atomic E-state index is 0.0612. The van der Waals surface area contributed by atoms with Gasteiger partial charge in [-0.25, -0.2) is 0 Å². The normalized spacial score (nSPS) is 12.9. The van der Waals surface area contributed by atoms with E-state index in [0.717, 1.165) is 0 Å². The average molecular weight is 207 g/mol. The summed E-state index contributed by atoms with van der Waals surface area (Å²) in [4.78, 5) is 11.0. The highest BCUT2D eigenvalue weighted by atomic mass is 32.2. The van der Waals surface area contributed by atoms with E-state index in [0.29, 0.717) is 12.3 Å². The zero-order chi connectivity index (χ0) is 10.3. The fraction of sp³-hybridized carbons (Fsp3) is 0.875. The second kappa shape index (κ2) is 7.03. The van der Waals surface area contributed by atoms with Crippen molar-refractivity contribution in [2.24, 2.45) is 0 Å². The van der Waals surface area contributed by atoms with E-state index in [2.05, 4.69) is 5.32 Å². The lowest BCUT2D eigenvalue weighted by molar-refractivity contribution is -0.126. The Kier molecular flexibility index (Phi) is 6.80. The molecular weight excluding hydrogens is 190 g/mol. The molecule has 0 radical (unpaired) electrons. The van der Waals surface area contributed by atoms with Crippen molar-refractivity contribution in [3.8, 4) is 0 Å². The number of hydrogen-bond donors (Lipinski definition) is 1. The van der Waals surface area contributed by atoms with Crippen molar-refractivity contribution in [2.45, 2.75) is 20.0 Å². The maximum absolute atomic E-state index is 11.0.